The molecule has 1 aromatic heterocycles. The molecular weight excluding hydrogens is 232 g/mol. The number of carbonyl (C=O) groups excluding carboxylic acids is 1. The van der Waals surface area contributed by atoms with Gasteiger partial charge in [0.25, 0.3) is 0 Å². The van der Waals surface area contributed by atoms with Crippen molar-refractivity contribution in [2.24, 2.45) is 5.92 Å². The van der Waals surface area contributed by atoms with Crippen LogP contribution >= 0.6 is 11.5 Å². The van der Waals surface area contributed by atoms with E-state index in [9.17, 15) is 9.59 Å². The van der Waals surface area contributed by atoms with E-state index in [1.165, 1.54) is 6.92 Å². The standard InChI is InChI=1S/C8H12N4O3S/c1-4(6(13)14)3-9-7(15)11-8-10-5(2)12-16-8/h4H,3H2,1-2H3,(H,13,14)(H2,9,10,11,12,15). The van der Waals surface area contributed by atoms with Gasteiger partial charge in [0, 0.05) is 18.1 Å². The van der Waals surface area contributed by atoms with E-state index in [1.54, 1.807) is 6.92 Å². The fraction of sp³-hybridized carbons (Fsp3) is 0.500. The Labute approximate surface area is 96.1 Å². The molecule has 0 radical (unpaired) electrons. The van der Waals surface area contributed by atoms with Crippen LogP contribution < -0.4 is 10.6 Å². The Morgan fingerprint density at radius 1 is 1.56 bits per heavy atom. The Hall–Kier alpha value is -1.70. The normalized spacial score (nSPS) is 11.9. The van der Waals surface area contributed by atoms with Crippen LogP contribution in [0.4, 0.5) is 9.93 Å². The average Bonchev–Trinajstić information content (AvgIpc) is 2.60. The number of urea groups is 1. The summed E-state index contributed by atoms with van der Waals surface area (Å²) in [6.07, 6.45) is 0. The molecule has 7 nitrogen and oxygen atoms in total. The van der Waals surface area contributed by atoms with Gasteiger partial charge in [0.2, 0.25) is 5.13 Å². The zero-order valence-corrected chi connectivity index (χ0v) is 9.67. The monoisotopic (exact) mass is 244 g/mol. The van der Waals surface area contributed by atoms with Gasteiger partial charge in [-0.05, 0) is 6.92 Å². The van der Waals surface area contributed by atoms with Crippen LogP contribution in [0.5, 0.6) is 0 Å². The van der Waals surface area contributed by atoms with Crippen LogP contribution in [0.1, 0.15) is 12.7 Å². The van der Waals surface area contributed by atoms with Crippen LogP contribution in [-0.2, 0) is 4.79 Å². The number of hydrogen-bond donors (Lipinski definition) is 3. The molecule has 0 aliphatic carbocycles. The zero-order valence-electron chi connectivity index (χ0n) is 8.85. The second-order valence-electron chi connectivity index (χ2n) is 3.22. The summed E-state index contributed by atoms with van der Waals surface area (Å²) in [5.74, 6) is -0.992. The van der Waals surface area contributed by atoms with Gasteiger partial charge in [-0.1, -0.05) is 6.92 Å². The van der Waals surface area contributed by atoms with Crippen molar-refractivity contribution in [3.63, 3.8) is 0 Å². The smallest absolute Gasteiger partial charge is 0.321 e. The second kappa shape index (κ2) is 5.40. The zero-order chi connectivity index (χ0) is 12.1. The number of aromatic nitrogens is 2. The number of hydrogen-bond acceptors (Lipinski definition) is 5. The first kappa shape index (κ1) is 12.4. The van der Waals surface area contributed by atoms with Crippen molar-refractivity contribution in [2.45, 2.75) is 13.8 Å². The number of nitrogens with zero attached hydrogens (tertiary/aromatic N) is 2. The van der Waals surface area contributed by atoms with Crippen LogP contribution in [0.2, 0.25) is 0 Å². The number of carboxylic acids is 1. The van der Waals surface area contributed by atoms with Crippen LogP contribution in [0.15, 0.2) is 0 Å². The number of aliphatic carboxylic acids is 1. The molecule has 88 valence electrons. The Morgan fingerprint density at radius 3 is 2.75 bits per heavy atom. The fourth-order valence-electron chi connectivity index (χ4n) is 0.822. The summed E-state index contributed by atoms with van der Waals surface area (Å²) in [4.78, 5) is 25.7. The SMILES string of the molecule is Cc1nsc(NC(=O)NCC(C)C(=O)O)n1. The lowest BCUT2D eigenvalue weighted by molar-refractivity contribution is -0.140. The van der Waals surface area contributed by atoms with Crippen molar-refractivity contribution >= 4 is 28.7 Å². The van der Waals surface area contributed by atoms with E-state index in [4.69, 9.17) is 5.11 Å². The molecule has 1 heterocycles. The summed E-state index contributed by atoms with van der Waals surface area (Å²) in [7, 11) is 0. The van der Waals surface area contributed by atoms with Crippen molar-refractivity contribution in [2.75, 3.05) is 11.9 Å². The number of nitrogens with one attached hydrogen (secondary N) is 2. The number of carbonyl (C=O) groups is 2. The number of rotatable bonds is 4. The highest BCUT2D eigenvalue weighted by atomic mass is 32.1. The van der Waals surface area contributed by atoms with Crippen LogP contribution in [-0.4, -0.2) is 33.0 Å². The quantitative estimate of drug-likeness (QED) is 0.722. The number of amides is 2. The van der Waals surface area contributed by atoms with E-state index >= 15 is 0 Å². The molecule has 0 aliphatic heterocycles. The van der Waals surface area contributed by atoms with Gasteiger partial charge in [-0.2, -0.15) is 4.37 Å². The molecular formula is C8H12N4O3S. The lowest BCUT2D eigenvalue weighted by Gasteiger charge is -2.07. The molecule has 2 amide bonds. The summed E-state index contributed by atoms with van der Waals surface area (Å²) < 4.78 is 3.89. The van der Waals surface area contributed by atoms with Gasteiger partial charge in [-0.25, -0.2) is 9.78 Å². The molecule has 0 fully saturated rings. The molecule has 0 spiro atoms. The predicted molar refractivity (Wildman–Crippen MR) is 58.5 cm³/mol. The van der Waals surface area contributed by atoms with E-state index in [0.717, 1.165) is 11.5 Å². The highest BCUT2D eigenvalue weighted by Gasteiger charge is 2.12. The summed E-state index contributed by atoms with van der Waals surface area (Å²) in [5, 5.41) is 13.9. The van der Waals surface area contributed by atoms with E-state index in [2.05, 4.69) is 20.0 Å². The minimum Gasteiger partial charge on any atom is -0.481 e. The number of aryl methyl sites for hydroxylation is 1. The van der Waals surface area contributed by atoms with Gasteiger partial charge >= 0.3 is 12.0 Å². The van der Waals surface area contributed by atoms with Gasteiger partial charge in [0.05, 0.1) is 5.92 Å². The van der Waals surface area contributed by atoms with Gasteiger partial charge in [-0.15, -0.1) is 0 Å². The average molecular weight is 244 g/mol. The van der Waals surface area contributed by atoms with Crippen molar-refractivity contribution in [1.82, 2.24) is 14.7 Å². The first-order valence-electron chi connectivity index (χ1n) is 4.57. The molecule has 8 heteroatoms. The summed E-state index contributed by atoms with van der Waals surface area (Å²) in [6.45, 7) is 3.29. The van der Waals surface area contributed by atoms with Crippen molar-refractivity contribution in [1.29, 1.82) is 0 Å². The first-order valence-corrected chi connectivity index (χ1v) is 5.34. The molecule has 0 saturated heterocycles. The largest absolute Gasteiger partial charge is 0.481 e. The topological polar surface area (TPSA) is 104 Å². The van der Waals surface area contributed by atoms with Gasteiger partial charge in [0.15, 0.2) is 0 Å². The summed E-state index contributed by atoms with van der Waals surface area (Å²) in [6, 6.07) is -0.482. The molecule has 1 atom stereocenters. The third-order valence-electron chi connectivity index (χ3n) is 1.74. The highest BCUT2D eigenvalue weighted by molar-refractivity contribution is 7.09. The maximum absolute atomic E-state index is 11.3. The number of anilines is 1. The first-order chi connectivity index (χ1) is 7.49. The molecule has 1 rings (SSSR count). The molecule has 16 heavy (non-hydrogen) atoms. The molecule has 1 aromatic rings. The van der Waals surface area contributed by atoms with Crippen molar-refractivity contribution in [3.05, 3.63) is 5.82 Å². The third kappa shape index (κ3) is 3.81. The van der Waals surface area contributed by atoms with Crippen LogP contribution in [0.3, 0.4) is 0 Å². The molecule has 0 saturated carbocycles. The summed E-state index contributed by atoms with van der Waals surface area (Å²) in [5.41, 5.74) is 0. The second-order valence-corrected chi connectivity index (χ2v) is 3.97. The molecule has 1 unspecified atom stereocenters. The number of carboxylic acid groups (broad SMARTS) is 1. The third-order valence-corrected chi connectivity index (χ3v) is 2.46. The van der Waals surface area contributed by atoms with Crippen molar-refractivity contribution < 1.29 is 14.7 Å². The fourth-order valence-corrected chi connectivity index (χ4v) is 1.39. The van der Waals surface area contributed by atoms with E-state index in [1.807, 2.05) is 0 Å². The maximum Gasteiger partial charge on any atom is 0.321 e. The van der Waals surface area contributed by atoms with Gasteiger partial charge in [0.1, 0.15) is 5.82 Å². The maximum atomic E-state index is 11.3. The molecule has 0 aromatic carbocycles. The minimum atomic E-state index is -0.952. The van der Waals surface area contributed by atoms with E-state index < -0.39 is 17.9 Å². The minimum absolute atomic E-state index is 0.0684. The van der Waals surface area contributed by atoms with E-state index in [0.29, 0.717) is 11.0 Å². The summed E-state index contributed by atoms with van der Waals surface area (Å²) >= 11 is 1.07. The van der Waals surface area contributed by atoms with Crippen LogP contribution in [0.25, 0.3) is 0 Å². The van der Waals surface area contributed by atoms with Gasteiger partial charge < -0.3 is 10.4 Å². The molecule has 0 aliphatic rings. The van der Waals surface area contributed by atoms with Crippen molar-refractivity contribution in [3.8, 4) is 0 Å². The predicted octanol–water partition coefficient (Wildman–Crippen LogP) is 0.689. The van der Waals surface area contributed by atoms with Crippen LogP contribution in [0, 0.1) is 12.8 Å². The van der Waals surface area contributed by atoms with Gasteiger partial charge in [-0.3, -0.25) is 10.1 Å². The molecule has 0 bridgehead atoms. The lowest BCUT2D eigenvalue weighted by atomic mass is 10.2. The Morgan fingerprint density at radius 2 is 2.25 bits per heavy atom. The Kier molecular flexibility index (Phi) is 4.18. The highest BCUT2D eigenvalue weighted by Crippen LogP contribution is 2.09. The lowest BCUT2D eigenvalue weighted by Crippen LogP contribution is -2.34. The van der Waals surface area contributed by atoms with E-state index in [-0.39, 0.29) is 6.54 Å². The Balaban J connectivity index is 2.34. The molecule has 3 N–H and O–H groups in total. The Bertz CT molecular complexity index is 392.